The highest BCUT2D eigenvalue weighted by Gasteiger charge is 2.15. The van der Waals surface area contributed by atoms with E-state index in [4.69, 9.17) is 5.53 Å². The highest BCUT2D eigenvalue weighted by atomic mass is 15.2. The van der Waals surface area contributed by atoms with Crippen LogP contribution in [0.4, 0.5) is 0 Å². The molecule has 1 aliphatic rings. The maximum Gasteiger partial charge on any atom is 0.143 e. The maximum atomic E-state index is 7.05. The average molecular weight is 263 g/mol. The zero-order chi connectivity index (χ0) is 13.9. The smallest absolute Gasteiger partial charge is 0.143 e. The summed E-state index contributed by atoms with van der Waals surface area (Å²) in [5, 5.41) is 6.76. The molecule has 1 aliphatic heterocycles. The van der Waals surface area contributed by atoms with Crippen molar-refractivity contribution >= 4 is 5.70 Å². The number of hydrogen-bond donors (Lipinski definition) is 2. The van der Waals surface area contributed by atoms with Crippen molar-refractivity contribution in [3.05, 3.63) is 65.7 Å². The van der Waals surface area contributed by atoms with E-state index < -0.39 is 0 Å². The van der Waals surface area contributed by atoms with E-state index in [-0.39, 0.29) is 6.17 Å². The van der Waals surface area contributed by atoms with E-state index in [2.05, 4.69) is 72.0 Å². The van der Waals surface area contributed by atoms with Gasteiger partial charge in [0.05, 0.1) is 0 Å². The molecule has 0 radical (unpaired) electrons. The molecule has 0 saturated carbocycles. The number of benzene rings is 2. The summed E-state index contributed by atoms with van der Waals surface area (Å²) in [5.41, 5.74) is 13.1. The van der Waals surface area contributed by atoms with Crippen LogP contribution in [0, 0.1) is 12.5 Å². The molecule has 100 valence electrons. The fourth-order valence-corrected chi connectivity index (χ4v) is 2.54. The molecule has 0 fully saturated rings. The molecule has 1 atom stereocenters. The Morgan fingerprint density at radius 3 is 2.40 bits per heavy atom. The third kappa shape index (κ3) is 2.35. The second kappa shape index (κ2) is 5.29. The first-order chi connectivity index (χ1) is 9.78. The Bertz CT molecular complexity index is 656. The van der Waals surface area contributed by atoms with Crippen molar-refractivity contribution in [1.82, 2.24) is 5.32 Å². The standard InChI is InChI=1S/C17H17N3/c1-12-4-2-3-5-15(12)13-6-8-14(9-7-13)16-10-11-17(19-16)20-18/h2-10,17-19H,11H2,1H3. The summed E-state index contributed by atoms with van der Waals surface area (Å²) in [6.07, 6.45) is 2.80. The second-order valence-electron chi connectivity index (χ2n) is 5.04. The second-order valence-corrected chi connectivity index (χ2v) is 5.04. The highest BCUT2D eigenvalue weighted by molar-refractivity contribution is 5.72. The normalized spacial score (nSPS) is 17.4. The molecule has 1 unspecified atom stereocenters. The molecule has 2 aromatic rings. The Balaban J connectivity index is 1.86. The maximum absolute atomic E-state index is 7.05. The average Bonchev–Trinajstić information content (AvgIpc) is 2.97. The van der Waals surface area contributed by atoms with Gasteiger partial charge in [0.15, 0.2) is 0 Å². The van der Waals surface area contributed by atoms with Gasteiger partial charge in [-0.15, -0.1) is 0 Å². The summed E-state index contributed by atoms with van der Waals surface area (Å²) < 4.78 is 0. The lowest BCUT2D eigenvalue weighted by Crippen LogP contribution is -2.18. The van der Waals surface area contributed by atoms with E-state index in [1.54, 1.807) is 0 Å². The Morgan fingerprint density at radius 2 is 1.75 bits per heavy atom. The molecule has 2 N–H and O–H groups in total. The van der Waals surface area contributed by atoms with Gasteiger partial charge in [-0.3, -0.25) is 0 Å². The molecule has 3 nitrogen and oxygen atoms in total. The number of nitrogens with one attached hydrogen (secondary N) is 2. The minimum atomic E-state index is -0.0963. The third-order valence-electron chi connectivity index (χ3n) is 3.68. The van der Waals surface area contributed by atoms with Crippen LogP contribution in [0.3, 0.4) is 0 Å². The molecule has 0 bridgehead atoms. The van der Waals surface area contributed by atoms with Crippen LogP contribution in [0.2, 0.25) is 0 Å². The molecular formula is C17H17N3. The lowest BCUT2D eigenvalue weighted by atomic mass is 9.99. The quantitative estimate of drug-likeness (QED) is 0.794. The van der Waals surface area contributed by atoms with Gasteiger partial charge < -0.3 is 5.32 Å². The van der Waals surface area contributed by atoms with Crippen LogP contribution >= 0.6 is 0 Å². The number of hydrogen-bond acceptors (Lipinski definition) is 3. The van der Waals surface area contributed by atoms with Gasteiger partial charge in [-0.05, 0) is 29.2 Å². The number of nitrogens with zero attached hydrogens (tertiary/aromatic N) is 1. The zero-order valence-corrected chi connectivity index (χ0v) is 11.4. The Kier molecular flexibility index (Phi) is 3.33. The minimum Gasteiger partial charge on any atom is -0.362 e. The van der Waals surface area contributed by atoms with Gasteiger partial charge in [-0.25, -0.2) is 5.53 Å². The van der Waals surface area contributed by atoms with Gasteiger partial charge in [0.2, 0.25) is 0 Å². The lowest BCUT2D eigenvalue weighted by molar-refractivity contribution is 0.617. The van der Waals surface area contributed by atoms with E-state index in [1.165, 1.54) is 16.7 Å². The largest absolute Gasteiger partial charge is 0.362 e. The van der Waals surface area contributed by atoms with E-state index in [9.17, 15) is 0 Å². The fraction of sp³-hybridized carbons (Fsp3) is 0.176. The number of rotatable bonds is 3. The topological polar surface area (TPSA) is 48.2 Å². The molecule has 0 aromatic heterocycles. The molecule has 0 saturated heterocycles. The molecular weight excluding hydrogens is 246 g/mol. The first-order valence-electron chi connectivity index (χ1n) is 6.77. The molecule has 0 amide bonds. The van der Waals surface area contributed by atoms with Crippen LogP contribution in [0.5, 0.6) is 0 Å². The summed E-state index contributed by atoms with van der Waals surface area (Å²) >= 11 is 0. The monoisotopic (exact) mass is 263 g/mol. The van der Waals surface area contributed by atoms with Crippen molar-refractivity contribution in [3.63, 3.8) is 0 Å². The lowest BCUT2D eigenvalue weighted by Gasteiger charge is -2.10. The molecule has 0 aliphatic carbocycles. The van der Waals surface area contributed by atoms with Gasteiger partial charge in [-0.1, -0.05) is 54.6 Å². The van der Waals surface area contributed by atoms with E-state index in [1.807, 2.05) is 0 Å². The predicted molar refractivity (Wildman–Crippen MR) is 81.3 cm³/mol. The van der Waals surface area contributed by atoms with Crippen molar-refractivity contribution in [2.45, 2.75) is 19.5 Å². The van der Waals surface area contributed by atoms with Crippen LogP contribution < -0.4 is 5.32 Å². The van der Waals surface area contributed by atoms with Crippen LogP contribution in [0.1, 0.15) is 17.5 Å². The minimum absolute atomic E-state index is 0.0963. The summed E-state index contributed by atoms with van der Waals surface area (Å²) in [5.74, 6) is 0. The molecule has 3 rings (SSSR count). The molecule has 0 spiro atoms. The van der Waals surface area contributed by atoms with E-state index in [0.29, 0.717) is 0 Å². The Morgan fingerprint density at radius 1 is 1.05 bits per heavy atom. The summed E-state index contributed by atoms with van der Waals surface area (Å²) in [6, 6.07) is 16.9. The molecule has 1 heterocycles. The summed E-state index contributed by atoms with van der Waals surface area (Å²) in [6.45, 7) is 2.13. The van der Waals surface area contributed by atoms with Gasteiger partial charge in [0, 0.05) is 12.1 Å². The molecule has 3 heteroatoms. The van der Waals surface area contributed by atoms with Crippen LogP contribution in [-0.4, -0.2) is 6.17 Å². The number of aryl methyl sites for hydroxylation is 1. The SMILES string of the molecule is Cc1ccccc1-c1ccc(C2=CCC(N=N)N2)cc1. The van der Waals surface area contributed by atoms with Crippen LogP contribution in [0.25, 0.3) is 16.8 Å². The van der Waals surface area contributed by atoms with Crippen molar-refractivity contribution in [2.75, 3.05) is 0 Å². The van der Waals surface area contributed by atoms with Gasteiger partial charge in [0.25, 0.3) is 0 Å². The Hall–Kier alpha value is -2.42. The van der Waals surface area contributed by atoms with Crippen molar-refractivity contribution in [3.8, 4) is 11.1 Å². The first kappa shape index (κ1) is 12.6. The van der Waals surface area contributed by atoms with Crippen LogP contribution in [0.15, 0.2) is 59.7 Å². The zero-order valence-electron chi connectivity index (χ0n) is 11.4. The third-order valence-corrected chi connectivity index (χ3v) is 3.68. The van der Waals surface area contributed by atoms with E-state index >= 15 is 0 Å². The van der Waals surface area contributed by atoms with Crippen molar-refractivity contribution < 1.29 is 0 Å². The van der Waals surface area contributed by atoms with E-state index in [0.717, 1.165) is 17.7 Å². The van der Waals surface area contributed by atoms with Gasteiger partial charge in [-0.2, -0.15) is 5.11 Å². The molecule has 20 heavy (non-hydrogen) atoms. The summed E-state index contributed by atoms with van der Waals surface area (Å²) in [4.78, 5) is 0. The van der Waals surface area contributed by atoms with Crippen molar-refractivity contribution in [1.29, 1.82) is 5.53 Å². The van der Waals surface area contributed by atoms with Gasteiger partial charge >= 0.3 is 0 Å². The highest BCUT2D eigenvalue weighted by Crippen LogP contribution is 2.26. The van der Waals surface area contributed by atoms with Crippen molar-refractivity contribution in [2.24, 2.45) is 5.11 Å². The fourth-order valence-electron chi connectivity index (χ4n) is 2.54. The molecule has 2 aromatic carbocycles. The van der Waals surface area contributed by atoms with Crippen LogP contribution in [-0.2, 0) is 0 Å². The predicted octanol–water partition coefficient (Wildman–Crippen LogP) is 4.35. The Labute approximate surface area is 118 Å². The first-order valence-corrected chi connectivity index (χ1v) is 6.77. The summed E-state index contributed by atoms with van der Waals surface area (Å²) in [7, 11) is 0. The van der Waals surface area contributed by atoms with Gasteiger partial charge in [0.1, 0.15) is 6.17 Å².